The van der Waals surface area contributed by atoms with E-state index >= 15 is 0 Å². The molecule has 0 spiro atoms. The van der Waals surface area contributed by atoms with Crippen LogP contribution in [0.2, 0.25) is 0 Å². The molecule has 4 unspecified atom stereocenters. The smallest absolute Gasteiger partial charge is 0.0835 e. The highest BCUT2D eigenvalue weighted by molar-refractivity contribution is 4.64. The Bertz CT molecular complexity index is 458. The first-order valence-electron chi connectivity index (χ1n) is 15.4. The van der Waals surface area contributed by atoms with Crippen molar-refractivity contribution in [3.05, 3.63) is 0 Å². The van der Waals surface area contributed by atoms with Gasteiger partial charge in [0.15, 0.2) is 0 Å². The minimum absolute atomic E-state index is 0.389. The molecule has 2 aliphatic heterocycles. The molecule has 0 aromatic carbocycles. The molecule has 4 atom stereocenters. The Morgan fingerprint density at radius 1 is 0.500 bits per heavy atom. The molecule has 0 amide bonds. The van der Waals surface area contributed by atoms with Crippen molar-refractivity contribution in [2.24, 2.45) is 11.8 Å². The molecular weight excluding hydrogens is 420 g/mol. The molecule has 0 radical (unpaired) electrons. The summed E-state index contributed by atoms with van der Waals surface area (Å²) in [5.74, 6) is 1.10. The zero-order chi connectivity index (χ0) is 24.5. The summed E-state index contributed by atoms with van der Waals surface area (Å²) in [6, 6.07) is 0. The first kappa shape index (κ1) is 30.1. The van der Waals surface area contributed by atoms with Gasteiger partial charge in [-0.3, -0.25) is 0 Å². The first-order valence-corrected chi connectivity index (χ1v) is 15.4. The second kappa shape index (κ2) is 17.3. The predicted molar refractivity (Wildman–Crippen MR) is 146 cm³/mol. The number of hydrogen-bond acceptors (Lipinski definition) is 2. The van der Waals surface area contributed by atoms with Gasteiger partial charge in [0.1, 0.15) is 0 Å². The minimum atomic E-state index is 0.389. The van der Waals surface area contributed by atoms with E-state index in [1.807, 2.05) is 0 Å². The van der Waals surface area contributed by atoms with E-state index in [0.717, 1.165) is 0 Å². The largest absolute Gasteiger partial charge is 0.396 e. The Kier molecular flexibility index (Phi) is 15.3. The number of hydrogen-bond donors (Lipinski definition) is 2. The van der Waals surface area contributed by atoms with E-state index in [-0.39, 0.29) is 0 Å². The van der Waals surface area contributed by atoms with Crippen molar-refractivity contribution in [3.63, 3.8) is 0 Å². The lowest BCUT2D eigenvalue weighted by Gasteiger charge is -2.41. The number of piperidine rings is 2. The van der Waals surface area contributed by atoms with Crippen LogP contribution in [-0.4, -0.2) is 85.8 Å². The zero-order valence-electron chi connectivity index (χ0n) is 23.3. The normalized spacial score (nSPS) is 30.0. The highest BCUT2D eigenvalue weighted by atomic mass is 16.3. The predicted octanol–water partition coefficient (Wildman–Crippen LogP) is 6.15. The topological polar surface area (TPSA) is 40.5 Å². The van der Waals surface area contributed by atoms with Crippen LogP contribution in [0.1, 0.15) is 116 Å². The lowest BCUT2D eigenvalue weighted by atomic mass is 9.96. The van der Waals surface area contributed by atoms with Crippen molar-refractivity contribution >= 4 is 0 Å². The summed E-state index contributed by atoms with van der Waals surface area (Å²) in [5.41, 5.74) is 0. The maximum absolute atomic E-state index is 9.47. The van der Waals surface area contributed by atoms with E-state index in [4.69, 9.17) is 0 Å². The van der Waals surface area contributed by atoms with Crippen molar-refractivity contribution in [1.82, 2.24) is 0 Å². The fourth-order valence-electron chi connectivity index (χ4n) is 6.95. The van der Waals surface area contributed by atoms with Crippen molar-refractivity contribution in [1.29, 1.82) is 0 Å². The van der Waals surface area contributed by atoms with E-state index < -0.39 is 0 Å². The summed E-state index contributed by atoms with van der Waals surface area (Å²) in [6.07, 6.45) is 24.9. The number of rotatable bonds is 19. The molecule has 0 bridgehead atoms. The summed E-state index contributed by atoms with van der Waals surface area (Å²) in [7, 11) is 4.82. The van der Waals surface area contributed by atoms with E-state index in [2.05, 4.69) is 14.1 Å². The van der Waals surface area contributed by atoms with Crippen LogP contribution in [0, 0.1) is 11.8 Å². The van der Waals surface area contributed by atoms with Gasteiger partial charge < -0.3 is 19.2 Å². The van der Waals surface area contributed by atoms with Gasteiger partial charge >= 0.3 is 0 Å². The van der Waals surface area contributed by atoms with Crippen LogP contribution in [-0.2, 0) is 0 Å². The summed E-state index contributed by atoms with van der Waals surface area (Å²) >= 11 is 0. The van der Waals surface area contributed by atoms with Crippen LogP contribution >= 0.6 is 0 Å². The maximum Gasteiger partial charge on any atom is 0.0835 e. The summed E-state index contributed by atoms with van der Waals surface area (Å²) in [5, 5.41) is 18.9. The summed E-state index contributed by atoms with van der Waals surface area (Å²) in [6.45, 7) is 8.45. The van der Waals surface area contributed by atoms with Gasteiger partial charge in [-0.25, -0.2) is 0 Å². The number of likely N-dealkylation sites (tertiary alicyclic amines) is 2. The van der Waals surface area contributed by atoms with Gasteiger partial charge in [0.2, 0.25) is 0 Å². The third-order valence-electron chi connectivity index (χ3n) is 9.18. The zero-order valence-corrected chi connectivity index (χ0v) is 23.3. The monoisotopic (exact) mass is 482 g/mol. The van der Waals surface area contributed by atoms with Crippen molar-refractivity contribution in [2.75, 3.05) is 66.6 Å². The molecule has 202 valence electrons. The number of nitrogens with zero attached hydrogens (tertiary/aromatic N) is 2. The molecular formula is C30H62N2O2+2. The van der Waals surface area contributed by atoms with Gasteiger partial charge in [0.25, 0.3) is 0 Å². The minimum Gasteiger partial charge on any atom is -0.396 e. The Morgan fingerprint density at radius 3 is 1.09 bits per heavy atom. The fraction of sp³-hybridized carbons (Fsp3) is 1.00. The van der Waals surface area contributed by atoms with Crippen LogP contribution in [0.3, 0.4) is 0 Å². The number of unbranched alkanes of at least 4 members (excludes halogenated alkanes) is 13. The van der Waals surface area contributed by atoms with E-state index in [0.29, 0.717) is 25.0 Å². The van der Waals surface area contributed by atoms with Crippen LogP contribution in [0.25, 0.3) is 0 Å². The van der Waals surface area contributed by atoms with Gasteiger partial charge in [-0.2, -0.15) is 0 Å². The molecule has 2 aliphatic rings. The molecule has 0 saturated carbocycles. The van der Waals surface area contributed by atoms with E-state index in [9.17, 15) is 10.2 Å². The van der Waals surface area contributed by atoms with Gasteiger partial charge in [-0.1, -0.05) is 64.2 Å². The molecule has 34 heavy (non-hydrogen) atoms. The van der Waals surface area contributed by atoms with Gasteiger partial charge in [0.05, 0.1) is 66.6 Å². The highest BCUT2D eigenvalue weighted by Crippen LogP contribution is 2.24. The molecule has 4 nitrogen and oxygen atoms in total. The van der Waals surface area contributed by atoms with Crippen LogP contribution in [0.15, 0.2) is 0 Å². The van der Waals surface area contributed by atoms with Crippen LogP contribution in [0.5, 0.6) is 0 Å². The SMILES string of the molecule is C[N+]1(CCCCCCCCCCCCCCCC[N+]2(C)CCCC(CO)C2)CCCC(CO)C1. The molecule has 2 heterocycles. The molecule has 2 N–H and O–H groups in total. The third-order valence-corrected chi connectivity index (χ3v) is 9.18. The number of aliphatic hydroxyl groups is 2. The van der Waals surface area contributed by atoms with Crippen molar-refractivity contribution in [3.8, 4) is 0 Å². The maximum atomic E-state index is 9.47. The average Bonchev–Trinajstić information content (AvgIpc) is 2.83. The number of quaternary nitrogens is 2. The van der Waals surface area contributed by atoms with E-state index in [1.165, 1.54) is 164 Å². The molecule has 2 rings (SSSR count). The summed E-state index contributed by atoms with van der Waals surface area (Å²) < 4.78 is 2.41. The van der Waals surface area contributed by atoms with Crippen LogP contribution in [0.4, 0.5) is 0 Å². The quantitative estimate of drug-likeness (QED) is 0.171. The summed E-state index contributed by atoms with van der Waals surface area (Å²) in [4.78, 5) is 0. The van der Waals surface area contributed by atoms with Crippen LogP contribution < -0.4 is 0 Å². The molecule has 2 saturated heterocycles. The first-order chi connectivity index (χ1) is 16.5. The number of aliphatic hydroxyl groups excluding tert-OH is 2. The van der Waals surface area contributed by atoms with E-state index in [1.54, 1.807) is 0 Å². The van der Waals surface area contributed by atoms with Crippen molar-refractivity contribution in [2.45, 2.75) is 116 Å². The average molecular weight is 483 g/mol. The lowest BCUT2D eigenvalue weighted by molar-refractivity contribution is -0.917. The molecule has 2 fully saturated rings. The van der Waals surface area contributed by atoms with Gasteiger partial charge in [-0.05, 0) is 51.4 Å². The third kappa shape index (κ3) is 12.7. The standard InChI is InChI=1S/C30H62N2O2/c1-31(23-17-19-29(25-31)27-33)21-15-13-11-9-7-5-3-4-6-8-10-12-14-16-22-32(2)24-18-20-30(26-32)28-34/h29-30,33-34H,3-28H2,1-2H3/q+2. The Labute approximate surface area is 213 Å². The Morgan fingerprint density at radius 2 is 0.794 bits per heavy atom. The Balaban J connectivity index is 1.30. The van der Waals surface area contributed by atoms with Crippen molar-refractivity contribution < 1.29 is 19.2 Å². The van der Waals surface area contributed by atoms with Gasteiger partial charge in [0, 0.05) is 11.8 Å². The molecule has 4 heteroatoms. The molecule has 0 aromatic rings. The molecule has 0 aromatic heterocycles. The fourth-order valence-corrected chi connectivity index (χ4v) is 6.95. The van der Waals surface area contributed by atoms with Gasteiger partial charge in [-0.15, -0.1) is 0 Å². The highest BCUT2D eigenvalue weighted by Gasteiger charge is 2.31. The Hall–Kier alpha value is -0.160. The second-order valence-electron chi connectivity index (χ2n) is 12.8. The second-order valence-corrected chi connectivity index (χ2v) is 12.8. The lowest BCUT2D eigenvalue weighted by Crippen LogP contribution is -2.52. The molecule has 0 aliphatic carbocycles.